The lowest BCUT2D eigenvalue weighted by Crippen LogP contribution is -2.59. The predicted molar refractivity (Wildman–Crippen MR) is 86.8 cm³/mol. The molecule has 124 valence electrons. The molecule has 0 aromatic rings. The highest BCUT2D eigenvalue weighted by Gasteiger charge is 2.43. The summed E-state index contributed by atoms with van der Waals surface area (Å²) in [6.07, 6.45) is 5.08. The summed E-state index contributed by atoms with van der Waals surface area (Å²) in [6, 6.07) is 0. The van der Waals surface area contributed by atoms with Crippen molar-refractivity contribution in [2.45, 2.75) is 37.6 Å². The van der Waals surface area contributed by atoms with E-state index >= 15 is 0 Å². The van der Waals surface area contributed by atoms with Gasteiger partial charge in [-0.05, 0) is 52.1 Å². The van der Waals surface area contributed by atoms with Gasteiger partial charge in [-0.1, -0.05) is 0 Å². The van der Waals surface area contributed by atoms with Gasteiger partial charge in [-0.2, -0.15) is 17.0 Å². The molecule has 7 heteroatoms. The minimum Gasteiger partial charge on any atom is -0.302 e. The fourth-order valence-electron chi connectivity index (χ4n) is 3.32. The third kappa shape index (κ3) is 3.55. The first-order chi connectivity index (χ1) is 9.82. The van der Waals surface area contributed by atoms with Gasteiger partial charge in [-0.25, -0.2) is 0 Å². The van der Waals surface area contributed by atoms with E-state index in [-0.39, 0.29) is 5.54 Å². The van der Waals surface area contributed by atoms with Crippen molar-refractivity contribution in [2.75, 3.05) is 46.7 Å². The number of likely N-dealkylation sites (N-methyl/N-ethyl adjacent to an activating group) is 2. The first-order valence-electron chi connectivity index (χ1n) is 7.77. The quantitative estimate of drug-likeness (QED) is 0.691. The van der Waals surface area contributed by atoms with Gasteiger partial charge in [-0.15, -0.1) is 11.6 Å². The van der Waals surface area contributed by atoms with Crippen LogP contribution in [0.4, 0.5) is 0 Å². The summed E-state index contributed by atoms with van der Waals surface area (Å²) in [6.45, 7) is 1.77. The number of halogens is 1. The Balaban J connectivity index is 1.99. The third-order valence-corrected chi connectivity index (χ3v) is 7.63. The predicted octanol–water partition coefficient (Wildman–Crippen LogP) is 1.60. The van der Waals surface area contributed by atoms with Crippen molar-refractivity contribution in [3.63, 3.8) is 0 Å². The Labute approximate surface area is 134 Å². The monoisotopic (exact) mass is 337 g/mol. The normalized spacial score (nSPS) is 24.5. The van der Waals surface area contributed by atoms with Crippen molar-refractivity contribution < 1.29 is 8.42 Å². The van der Waals surface area contributed by atoms with Crippen LogP contribution in [0.25, 0.3) is 0 Å². The van der Waals surface area contributed by atoms with Crippen LogP contribution in [0.5, 0.6) is 0 Å². The van der Waals surface area contributed by atoms with Crippen molar-refractivity contribution >= 4 is 21.8 Å². The molecule has 0 spiro atoms. The summed E-state index contributed by atoms with van der Waals surface area (Å²) in [5.41, 5.74) is 0.0241. The van der Waals surface area contributed by atoms with E-state index < -0.39 is 10.2 Å². The molecule has 2 fully saturated rings. The molecule has 0 N–H and O–H groups in total. The molecule has 2 aliphatic rings. The van der Waals surface area contributed by atoms with E-state index in [0.29, 0.717) is 31.4 Å². The molecule has 1 saturated carbocycles. The molecule has 0 radical (unpaired) electrons. The Kier molecular flexibility index (Phi) is 5.58. The summed E-state index contributed by atoms with van der Waals surface area (Å²) < 4.78 is 28.6. The Morgan fingerprint density at radius 2 is 1.76 bits per heavy atom. The van der Waals surface area contributed by atoms with Gasteiger partial charge >= 0.3 is 0 Å². The van der Waals surface area contributed by atoms with Gasteiger partial charge in [0, 0.05) is 38.1 Å². The van der Waals surface area contributed by atoms with Crippen LogP contribution in [0.1, 0.15) is 32.1 Å². The molecule has 1 saturated heterocycles. The average Bonchev–Trinajstić information content (AvgIpc) is 2.42. The van der Waals surface area contributed by atoms with Gasteiger partial charge in [0.05, 0.1) is 0 Å². The van der Waals surface area contributed by atoms with Crippen LogP contribution in [0.3, 0.4) is 0 Å². The summed E-state index contributed by atoms with van der Waals surface area (Å²) in [5, 5.41) is 0. The van der Waals surface area contributed by atoms with Crippen LogP contribution in [0, 0.1) is 5.92 Å². The van der Waals surface area contributed by atoms with Gasteiger partial charge in [0.1, 0.15) is 0 Å². The fraction of sp³-hybridized carbons (Fsp3) is 1.00. The maximum absolute atomic E-state index is 12.7. The molecule has 1 aliphatic heterocycles. The van der Waals surface area contributed by atoms with E-state index in [2.05, 4.69) is 4.90 Å². The second-order valence-electron chi connectivity index (χ2n) is 6.73. The number of hydrogen-bond acceptors (Lipinski definition) is 3. The highest BCUT2D eigenvalue weighted by molar-refractivity contribution is 7.86. The van der Waals surface area contributed by atoms with Crippen LogP contribution in [-0.2, 0) is 10.2 Å². The van der Waals surface area contributed by atoms with E-state index in [9.17, 15) is 8.42 Å². The molecule has 5 nitrogen and oxygen atoms in total. The van der Waals surface area contributed by atoms with E-state index in [4.69, 9.17) is 11.6 Å². The van der Waals surface area contributed by atoms with Crippen LogP contribution in [0.2, 0.25) is 0 Å². The fourth-order valence-corrected chi connectivity index (χ4v) is 5.10. The maximum atomic E-state index is 12.7. The number of rotatable bonds is 6. The molecular weight excluding hydrogens is 310 g/mol. The van der Waals surface area contributed by atoms with E-state index in [1.165, 1.54) is 6.42 Å². The third-order valence-electron chi connectivity index (χ3n) is 5.26. The molecule has 1 heterocycles. The van der Waals surface area contributed by atoms with Crippen molar-refractivity contribution in [2.24, 2.45) is 5.92 Å². The van der Waals surface area contributed by atoms with Crippen LogP contribution in [-0.4, -0.2) is 74.1 Å². The van der Waals surface area contributed by atoms with E-state index in [1.54, 1.807) is 15.7 Å². The second kappa shape index (κ2) is 6.71. The van der Waals surface area contributed by atoms with Gasteiger partial charge in [0.15, 0.2) is 0 Å². The SMILES string of the molecule is CN(C)C1(CN(C)S(=O)(=O)N2CCC(CCl)CC2)CCC1. The topological polar surface area (TPSA) is 43.9 Å². The van der Waals surface area contributed by atoms with E-state index in [1.807, 2.05) is 14.1 Å². The second-order valence-corrected chi connectivity index (χ2v) is 9.08. The standard InChI is InChI=1S/C14H28ClN3O2S/c1-16(2)14(7-4-8-14)12-17(3)21(19,20)18-9-5-13(11-15)6-10-18/h13H,4-12H2,1-3H3. The highest BCUT2D eigenvalue weighted by atomic mass is 35.5. The minimum absolute atomic E-state index is 0.0241. The Morgan fingerprint density at radius 1 is 1.19 bits per heavy atom. The lowest BCUT2D eigenvalue weighted by molar-refractivity contribution is 0.0440. The lowest BCUT2D eigenvalue weighted by atomic mass is 9.75. The molecule has 0 aromatic carbocycles. The largest absolute Gasteiger partial charge is 0.302 e. The number of piperidine rings is 1. The molecular formula is C14H28ClN3O2S. The van der Waals surface area contributed by atoms with Crippen LogP contribution < -0.4 is 0 Å². The van der Waals surface area contributed by atoms with Gasteiger partial charge < -0.3 is 4.90 Å². The summed E-state index contributed by atoms with van der Waals surface area (Å²) in [4.78, 5) is 2.18. The molecule has 0 bridgehead atoms. The molecule has 2 rings (SSSR count). The summed E-state index contributed by atoms with van der Waals surface area (Å²) in [5.74, 6) is 1.09. The van der Waals surface area contributed by atoms with Crippen molar-refractivity contribution in [3.8, 4) is 0 Å². The van der Waals surface area contributed by atoms with Crippen LogP contribution in [0.15, 0.2) is 0 Å². The molecule has 0 unspecified atom stereocenters. The van der Waals surface area contributed by atoms with Crippen molar-refractivity contribution in [1.82, 2.24) is 13.5 Å². The Hall–Kier alpha value is 0.120. The molecule has 0 atom stereocenters. The first kappa shape index (κ1) is 17.5. The number of nitrogens with zero attached hydrogens (tertiary/aromatic N) is 3. The number of alkyl halides is 1. The Morgan fingerprint density at radius 3 is 2.14 bits per heavy atom. The molecule has 0 amide bonds. The zero-order valence-electron chi connectivity index (χ0n) is 13.4. The summed E-state index contributed by atoms with van der Waals surface area (Å²) >= 11 is 5.87. The smallest absolute Gasteiger partial charge is 0.281 e. The number of hydrogen-bond donors (Lipinski definition) is 0. The van der Waals surface area contributed by atoms with Gasteiger partial charge in [0.2, 0.25) is 0 Å². The molecule has 21 heavy (non-hydrogen) atoms. The minimum atomic E-state index is -3.34. The summed E-state index contributed by atoms with van der Waals surface area (Å²) in [7, 11) is 2.47. The van der Waals surface area contributed by atoms with Crippen molar-refractivity contribution in [3.05, 3.63) is 0 Å². The lowest BCUT2D eigenvalue weighted by Gasteiger charge is -2.49. The van der Waals surface area contributed by atoms with E-state index in [0.717, 1.165) is 25.7 Å². The maximum Gasteiger partial charge on any atom is 0.281 e. The van der Waals surface area contributed by atoms with Crippen molar-refractivity contribution in [1.29, 1.82) is 0 Å². The van der Waals surface area contributed by atoms with Gasteiger partial charge in [0.25, 0.3) is 10.2 Å². The highest BCUT2D eigenvalue weighted by Crippen LogP contribution is 2.37. The average molecular weight is 338 g/mol. The zero-order chi connectivity index (χ0) is 15.7. The van der Waals surface area contributed by atoms with Gasteiger partial charge in [-0.3, -0.25) is 0 Å². The first-order valence-corrected chi connectivity index (χ1v) is 9.70. The zero-order valence-corrected chi connectivity index (χ0v) is 15.0. The molecule has 0 aromatic heterocycles. The van der Waals surface area contributed by atoms with Crippen LogP contribution >= 0.6 is 11.6 Å². The molecule has 1 aliphatic carbocycles. The Bertz CT molecular complexity index is 443.